The number of benzene rings is 1. The summed E-state index contributed by atoms with van der Waals surface area (Å²) in [6, 6.07) is 10.2. The highest BCUT2D eigenvalue weighted by Crippen LogP contribution is 2.44. The van der Waals surface area contributed by atoms with Crippen molar-refractivity contribution in [2.24, 2.45) is 0 Å². The standard InChI is InChI=1S/C15H19NO2/c17-13-9-12(10-13)16-14(18)15(7-4-8-15)11-5-2-1-3-6-11/h1-3,5-6,12-13,17H,4,7-10H2,(H,16,18). The van der Waals surface area contributed by atoms with Gasteiger partial charge in [-0.05, 0) is 31.2 Å². The fourth-order valence-corrected chi connectivity index (χ4v) is 2.96. The Labute approximate surface area is 107 Å². The van der Waals surface area contributed by atoms with Crippen molar-refractivity contribution in [2.75, 3.05) is 0 Å². The second-order valence-corrected chi connectivity index (χ2v) is 5.60. The van der Waals surface area contributed by atoms with Crippen LogP contribution in [0.3, 0.4) is 0 Å². The number of rotatable bonds is 3. The summed E-state index contributed by atoms with van der Waals surface area (Å²) in [4.78, 5) is 12.5. The van der Waals surface area contributed by atoms with Gasteiger partial charge in [0.05, 0.1) is 11.5 Å². The predicted molar refractivity (Wildman–Crippen MR) is 69.1 cm³/mol. The van der Waals surface area contributed by atoms with Crippen molar-refractivity contribution in [3.63, 3.8) is 0 Å². The van der Waals surface area contributed by atoms with Crippen LogP contribution in [0, 0.1) is 0 Å². The van der Waals surface area contributed by atoms with Crippen molar-refractivity contribution < 1.29 is 9.90 Å². The lowest BCUT2D eigenvalue weighted by Gasteiger charge is -2.43. The predicted octanol–water partition coefficient (Wildman–Crippen LogP) is 1.75. The lowest BCUT2D eigenvalue weighted by atomic mass is 9.63. The minimum atomic E-state index is -0.304. The van der Waals surface area contributed by atoms with Crippen molar-refractivity contribution in [1.29, 1.82) is 0 Å². The molecule has 0 atom stereocenters. The number of amides is 1. The van der Waals surface area contributed by atoms with Gasteiger partial charge in [-0.1, -0.05) is 36.8 Å². The number of carbonyl (C=O) groups excluding carboxylic acids is 1. The highest BCUT2D eigenvalue weighted by atomic mass is 16.3. The molecule has 2 saturated carbocycles. The zero-order chi connectivity index (χ0) is 12.6. The monoisotopic (exact) mass is 245 g/mol. The molecule has 0 spiro atoms. The molecule has 1 aromatic carbocycles. The third-order valence-electron chi connectivity index (χ3n) is 4.42. The van der Waals surface area contributed by atoms with Crippen LogP contribution in [-0.4, -0.2) is 23.2 Å². The first-order valence-corrected chi connectivity index (χ1v) is 6.75. The Balaban J connectivity index is 1.73. The summed E-state index contributed by atoms with van der Waals surface area (Å²) in [5, 5.41) is 12.4. The van der Waals surface area contributed by atoms with Gasteiger partial charge in [-0.3, -0.25) is 4.79 Å². The van der Waals surface area contributed by atoms with Crippen LogP contribution >= 0.6 is 0 Å². The summed E-state index contributed by atoms with van der Waals surface area (Å²) < 4.78 is 0. The average molecular weight is 245 g/mol. The van der Waals surface area contributed by atoms with Gasteiger partial charge in [-0.2, -0.15) is 0 Å². The van der Waals surface area contributed by atoms with E-state index in [4.69, 9.17) is 0 Å². The molecule has 0 bridgehead atoms. The molecule has 0 aromatic heterocycles. The zero-order valence-electron chi connectivity index (χ0n) is 10.4. The average Bonchev–Trinajstić information content (AvgIpc) is 2.27. The molecule has 2 aliphatic rings. The van der Waals surface area contributed by atoms with Gasteiger partial charge in [0, 0.05) is 6.04 Å². The van der Waals surface area contributed by atoms with Gasteiger partial charge in [-0.15, -0.1) is 0 Å². The van der Waals surface area contributed by atoms with E-state index in [1.54, 1.807) is 0 Å². The first-order chi connectivity index (χ1) is 8.71. The maximum Gasteiger partial charge on any atom is 0.230 e. The van der Waals surface area contributed by atoms with Gasteiger partial charge in [0.15, 0.2) is 0 Å². The van der Waals surface area contributed by atoms with Crippen LogP contribution in [0.4, 0.5) is 0 Å². The van der Waals surface area contributed by atoms with E-state index in [1.165, 1.54) is 0 Å². The topological polar surface area (TPSA) is 49.3 Å². The third-order valence-corrected chi connectivity index (χ3v) is 4.42. The van der Waals surface area contributed by atoms with E-state index in [9.17, 15) is 9.90 Å². The van der Waals surface area contributed by atoms with Gasteiger partial charge in [0.2, 0.25) is 5.91 Å². The fourth-order valence-electron chi connectivity index (χ4n) is 2.96. The molecule has 2 aliphatic carbocycles. The van der Waals surface area contributed by atoms with E-state index in [0.29, 0.717) is 12.8 Å². The SMILES string of the molecule is O=C(NC1CC(O)C1)C1(c2ccccc2)CCC1. The normalized spacial score (nSPS) is 28.9. The number of hydrogen-bond donors (Lipinski definition) is 2. The molecule has 2 N–H and O–H groups in total. The molecule has 0 unspecified atom stereocenters. The summed E-state index contributed by atoms with van der Waals surface area (Å²) >= 11 is 0. The van der Waals surface area contributed by atoms with E-state index in [2.05, 4.69) is 5.32 Å². The zero-order valence-corrected chi connectivity index (χ0v) is 10.4. The molecular weight excluding hydrogens is 226 g/mol. The van der Waals surface area contributed by atoms with Crippen LogP contribution in [0.25, 0.3) is 0 Å². The Kier molecular flexibility index (Phi) is 2.86. The second kappa shape index (κ2) is 4.39. The molecule has 2 fully saturated rings. The molecule has 3 rings (SSSR count). The largest absolute Gasteiger partial charge is 0.393 e. The van der Waals surface area contributed by atoms with Crippen LogP contribution < -0.4 is 5.32 Å². The van der Waals surface area contributed by atoms with Gasteiger partial charge < -0.3 is 10.4 Å². The van der Waals surface area contributed by atoms with E-state index in [0.717, 1.165) is 24.8 Å². The Morgan fingerprint density at radius 3 is 2.39 bits per heavy atom. The smallest absolute Gasteiger partial charge is 0.230 e. The number of aliphatic hydroxyl groups is 1. The quantitative estimate of drug-likeness (QED) is 0.852. The maximum atomic E-state index is 12.5. The number of aliphatic hydroxyl groups excluding tert-OH is 1. The summed E-state index contributed by atoms with van der Waals surface area (Å²) in [6.07, 6.45) is 4.20. The van der Waals surface area contributed by atoms with Crippen molar-refractivity contribution in [2.45, 2.75) is 49.7 Å². The highest BCUT2D eigenvalue weighted by Gasteiger charge is 2.46. The molecular formula is C15H19NO2. The molecule has 1 amide bonds. The Bertz CT molecular complexity index is 433. The number of nitrogens with one attached hydrogen (secondary N) is 1. The van der Waals surface area contributed by atoms with Crippen LogP contribution in [0.5, 0.6) is 0 Å². The van der Waals surface area contributed by atoms with E-state index in [-0.39, 0.29) is 23.5 Å². The minimum absolute atomic E-state index is 0.150. The maximum absolute atomic E-state index is 12.5. The van der Waals surface area contributed by atoms with Crippen LogP contribution in [0.15, 0.2) is 30.3 Å². The fraction of sp³-hybridized carbons (Fsp3) is 0.533. The van der Waals surface area contributed by atoms with Gasteiger partial charge in [-0.25, -0.2) is 0 Å². The molecule has 1 aromatic rings. The van der Waals surface area contributed by atoms with Gasteiger partial charge >= 0.3 is 0 Å². The number of hydrogen-bond acceptors (Lipinski definition) is 2. The first-order valence-electron chi connectivity index (χ1n) is 6.75. The van der Waals surface area contributed by atoms with Crippen molar-refractivity contribution in [3.8, 4) is 0 Å². The summed E-state index contributed by atoms with van der Waals surface area (Å²) in [5.74, 6) is 0.150. The Hall–Kier alpha value is -1.35. The Morgan fingerprint density at radius 1 is 1.22 bits per heavy atom. The Morgan fingerprint density at radius 2 is 1.89 bits per heavy atom. The molecule has 0 saturated heterocycles. The summed E-state index contributed by atoms with van der Waals surface area (Å²) in [7, 11) is 0. The van der Waals surface area contributed by atoms with Gasteiger partial charge in [0.25, 0.3) is 0 Å². The molecule has 0 aliphatic heterocycles. The lowest BCUT2D eigenvalue weighted by Crippen LogP contribution is -2.55. The van der Waals surface area contributed by atoms with Gasteiger partial charge in [0.1, 0.15) is 0 Å². The van der Waals surface area contributed by atoms with Crippen molar-refractivity contribution in [1.82, 2.24) is 5.32 Å². The van der Waals surface area contributed by atoms with E-state index in [1.807, 2.05) is 30.3 Å². The third kappa shape index (κ3) is 1.83. The lowest BCUT2D eigenvalue weighted by molar-refractivity contribution is -0.132. The molecule has 0 radical (unpaired) electrons. The van der Waals surface area contributed by atoms with Crippen molar-refractivity contribution >= 4 is 5.91 Å². The molecule has 0 heterocycles. The van der Waals surface area contributed by atoms with E-state index >= 15 is 0 Å². The van der Waals surface area contributed by atoms with Crippen molar-refractivity contribution in [3.05, 3.63) is 35.9 Å². The highest BCUT2D eigenvalue weighted by molar-refractivity contribution is 5.89. The van der Waals surface area contributed by atoms with Crippen LogP contribution in [0.1, 0.15) is 37.7 Å². The minimum Gasteiger partial charge on any atom is -0.393 e. The molecule has 3 heteroatoms. The molecule has 18 heavy (non-hydrogen) atoms. The second-order valence-electron chi connectivity index (χ2n) is 5.60. The molecule has 3 nitrogen and oxygen atoms in total. The summed E-state index contributed by atoms with van der Waals surface area (Å²) in [5.41, 5.74) is 0.829. The number of carbonyl (C=O) groups is 1. The first kappa shape index (κ1) is 11.7. The van der Waals surface area contributed by atoms with Crippen LogP contribution in [0.2, 0.25) is 0 Å². The van der Waals surface area contributed by atoms with E-state index < -0.39 is 0 Å². The summed E-state index contributed by atoms with van der Waals surface area (Å²) in [6.45, 7) is 0. The molecule has 96 valence electrons. The van der Waals surface area contributed by atoms with Crippen LogP contribution in [-0.2, 0) is 10.2 Å².